The first-order chi connectivity index (χ1) is 8.54. The molecule has 0 aliphatic carbocycles. The van der Waals surface area contributed by atoms with Gasteiger partial charge in [-0.1, -0.05) is 0 Å². The van der Waals surface area contributed by atoms with Crippen LogP contribution in [0.5, 0.6) is 0 Å². The molecule has 0 bridgehead atoms. The Kier molecular flexibility index (Phi) is 3.80. The number of halogens is 4. The summed E-state index contributed by atoms with van der Waals surface area (Å²) < 4.78 is 39.3. The van der Waals surface area contributed by atoms with E-state index in [2.05, 4.69) is 0 Å². The highest BCUT2D eigenvalue weighted by Gasteiger charge is 2.29. The van der Waals surface area contributed by atoms with Gasteiger partial charge in [-0.3, -0.25) is 4.79 Å². The molecule has 0 spiro atoms. The zero-order valence-electron chi connectivity index (χ0n) is 9.43. The third-order valence-electron chi connectivity index (χ3n) is 3.06. The predicted molar refractivity (Wildman–Crippen MR) is 61.0 cm³/mol. The van der Waals surface area contributed by atoms with Crippen molar-refractivity contribution < 1.29 is 18.0 Å². The number of hydrogen-bond acceptors (Lipinski definition) is 1. The molecule has 1 unspecified atom stereocenters. The van der Waals surface area contributed by atoms with E-state index < -0.39 is 28.9 Å². The molecule has 1 aromatic carbocycles. The van der Waals surface area contributed by atoms with Crippen molar-refractivity contribution in [2.45, 2.75) is 6.42 Å². The summed E-state index contributed by atoms with van der Waals surface area (Å²) in [4.78, 5) is 13.4. The fourth-order valence-electron chi connectivity index (χ4n) is 2.00. The zero-order chi connectivity index (χ0) is 13.3. The molecule has 1 aliphatic heterocycles. The number of amides is 1. The molecule has 0 N–H and O–H groups in total. The van der Waals surface area contributed by atoms with E-state index in [0.717, 1.165) is 18.6 Å². The summed E-state index contributed by atoms with van der Waals surface area (Å²) in [6, 6.07) is 1.71. The lowest BCUT2D eigenvalue weighted by molar-refractivity contribution is 0.0782. The van der Waals surface area contributed by atoms with E-state index in [1.165, 1.54) is 4.90 Å². The second-order valence-electron chi connectivity index (χ2n) is 4.28. The van der Waals surface area contributed by atoms with Gasteiger partial charge in [-0.2, -0.15) is 0 Å². The van der Waals surface area contributed by atoms with Crippen LogP contribution in [0.15, 0.2) is 12.1 Å². The molecule has 0 aromatic heterocycles. The van der Waals surface area contributed by atoms with Crippen molar-refractivity contribution in [3.05, 3.63) is 35.1 Å². The number of carbonyl (C=O) groups is 1. The lowest BCUT2D eigenvalue weighted by Gasteiger charge is -2.16. The van der Waals surface area contributed by atoms with Crippen LogP contribution in [0.3, 0.4) is 0 Å². The molecule has 2 nitrogen and oxygen atoms in total. The molecule has 18 heavy (non-hydrogen) atoms. The summed E-state index contributed by atoms with van der Waals surface area (Å²) in [6.07, 6.45) is 0.737. The van der Waals surface area contributed by atoms with Crippen LogP contribution in [-0.4, -0.2) is 29.8 Å². The van der Waals surface area contributed by atoms with E-state index >= 15 is 0 Å². The quantitative estimate of drug-likeness (QED) is 0.601. The van der Waals surface area contributed by atoms with Gasteiger partial charge in [0.05, 0.1) is 5.56 Å². The van der Waals surface area contributed by atoms with Crippen molar-refractivity contribution >= 4 is 17.5 Å². The Bertz CT molecular complexity index is 481. The first kappa shape index (κ1) is 13.2. The summed E-state index contributed by atoms with van der Waals surface area (Å²) in [5, 5.41) is 0. The lowest BCUT2D eigenvalue weighted by atomic mass is 10.1. The molecule has 1 amide bonds. The number of nitrogens with zero attached hydrogens (tertiary/aromatic N) is 1. The van der Waals surface area contributed by atoms with Gasteiger partial charge in [-0.05, 0) is 24.5 Å². The average Bonchev–Trinajstić information content (AvgIpc) is 2.84. The van der Waals surface area contributed by atoms with Crippen molar-refractivity contribution in [1.82, 2.24) is 4.90 Å². The highest BCUT2D eigenvalue weighted by atomic mass is 35.5. The van der Waals surface area contributed by atoms with Gasteiger partial charge in [-0.15, -0.1) is 11.6 Å². The van der Waals surface area contributed by atoms with Gasteiger partial charge in [0.15, 0.2) is 17.5 Å². The Hall–Kier alpha value is -1.23. The average molecular weight is 278 g/mol. The molecule has 0 saturated carbocycles. The van der Waals surface area contributed by atoms with Crippen LogP contribution < -0.4 is 0 Å². The Labute approximate surface area is 107 Å². The molecule has 1 aromatic rings. The SMILES string of the molecule is O=C(c1ccc(F)c(F)c1F)N1CCC(CCl)C1. The summed E-state index contributed by atoms with van der Waals surface area (Å²) >= 11 is 5.68. The topological polar surface area (TPSA) is 20.3 Å². The van der Waals surface area contributed by atoms with E-state index in [9.17, 15) is 18.0 Å². The fourth-order valence-corrected chi connectivity index (χ4v) is 2.26. The van der Waals surface area contributed by atoms with Crippen molar-refractivity contribution in [2.75, 3.05) is 19.0 Å². The minimum atomic E-state index is -1.62. The van der Waals surface area contributed by atoms with Crippen LogP contribution in [0.1, 0.15) is 16.8 Å². The number of alkyl halides is 1. The van der Waals surface area contributed by atoms with E-state index in [1.807, 2.05) is 0 Å². The summed E-state index contributed by atoms with van der Waals surface area (Å²) in [6.45, 7) is 0.870. The van der Waals surface area contributed by atoms with Gasteiger partial charge < -0.3 is 4.90 Å². The Morgan fingerprint density at radius 2 is 2.06 bits per heavy atom. The van der Waals surface area contributed by atoms with Gasteiger partial charge in [0, 0.05) is 19.0 Å². The van der Waals surface area contributed by atoms with Crippen molar-refractivity contribution in [1.29, 1.82) is 0 Å². The monoisotopic (exact) mass is 277 g/mol. The molecule has 6 heteroatoms. The fraction of sp³-hybridized carbons (Fsp3) is 0.417. The number of hydrogen-bond donors (Lipinski definition) is 0. The van der Waals surface area contributed by atoms with E-state index in [-0.39, 0.29) is 5.92 Å². The van der Waals surface area contributed by atoms with Gasteiger partial charge in [0.25, 0.3) is 5.91 Å². The largest absolute Gasteiger partial charge is 0.338 e. The van der Waals surface area contributed by atoms with Crippen LogP contribution in [0.25, 0.3) is 0 Å². The molecule has 1 atom stereocenters. The standard InChI is InChI=1S/C12H11ClF3NO/c13-5-7-3-4-17(6-7)12(18)8-1-2-9(14)11(16)10(8)15/h1-2,7H,3-6H2. The molecule has 1 aliphatic rings. The molecule has 1 heterocycles. The van der Waals surface area contributed by atoms with Crippen molar-refractivity contribution in [3.8, 4) is 0 Å². The first-order valence-electron chi connectivity index (χ1n) is 5.53. The van der Waals surface area contributed by atoms with Gasteiger partial charge in [0.1, 0.15) is 0 Å². The van der Waals surface area contributed by atoms with E-state index in [1.54, 1.807) is 0 Å². The number of benzene rings is 1. The molecule has 2 rings (SSSR count). The minimum absolute atomic E-state index is 0.170. The molecule has 1 fully saturated rings. The molecule has 98 valence electrons. The van der Waals surface area contributed by atoms with E-state index in [4.69, 9.17) is 11.6 Å². The normalized spacial score (nSPS) is 19.3. The molecule has 1 saturated heterocycles. The second kappa shape index (κ2) is 5.18. The molecular weight excluding hydrogens is 267 g/mol. The van der Waals surface area contributed by atoms with Crippen LogP contribution in [0.4, 0.5) is 13.2 Å². The highest BCUT2D eigenvalue weighted by molar-refractivity contribution is 6.18. The van der Waals surface area contributed by atoms with Crippen LogP contribution in [-0.2, 0) is 0 Å². The summed E-state index contributed by atoms with van der Waals surface area (Å²) in [5.41, 5.74) is -0.441. The highest BCUT2D eigenvalue weighted by Crippen LogP contribution is 2.22. The smallest absolute Gasteiger partial charge is 0.256 e. The summed E-state index contributed by atoms with van der Waals surface area (Å²) in [5.74, 6) is -4.39. The number of rotatable bonds is 2. The Morgan fingerprint density at radius 3 is 2.67 bits per heavy atom. The van der Waals surface area contributed by atoms with Crippen LogP contribution in [0, 0.1) is 23.4 Å². The minimum Gasteiger partial charge on any atom is -0.338 e. The van der Waals surface area contributed by atoms with Gasteiger partial charge >= 0.3 is 0 Å². The maximum atomic E-state index is 13.5. The maximum Gasteiger partial charge on any atom is 0.256 e. The Balaban J connectivity index is 2.22. The second-order valence-corrected chi connectivity index (χ2v) is 4.59. The van der Waals surface area contributed by atoms with Crippen LogP contribution >= 0.6 is 11.6 Å². The molecule has 0 radical (unpaired) electrons. The third kappa shape index (κ3) is 2.32. The van der Waals surface area contributed by atoms with Gasteiger partial charge in [0.2, 0.25) is 0 Å². The first-order valence-corrected chi connectivity index (χ1v) is 6.06. The molecular formula is C12H11ClF3NO. The van der Waals surface area contributed by atoms with Crippen molar-refractivity contribution in [3.63, 3.8) is 0 Å². The lowest BCUT2D eigenvalue weighted by Crippen LogP contribution is -2.30. The summed E-state index contributed by atoms with van der Waals surface area (Å²) in [7, 11) is 0. The van der Waals surface area contributed by atoms with Crippen molar-refractivity contribution in [2.24, 2.45) is 5.92 Å². The Morgan fingerprint density at radius 1 is 1.33 bits per heavy atom. The maximum absolute atomic E-state index is 13.5. The zero-order valence-corrected chi connectivity index (χ0v) is 10.2. The third-order valence-corrected chi connectivity index (χ3v) is 3.49. The van der Waals surface area contributed by atoms with Gasteiger partial charge in [-0.25, -0.2) is 13.2 Å². The van der Waals surface area contributed by atoms with Crippen LogP contribution in [0.2, 0.25) is 0 Å². The predicted octanol–water partition coefficient (Wildman–Crippen LogP) is 2.80. The van der Waals surface area contributed by atoms with E-state index in [0.29, 0.717) is 19.0 Å². The number of likely N-dealkylation sites (tertiary alicyclic amines) is 1. The number of carbonyl (C=O) groups excluding carboxylic acids is 1.